The second kappa shape index (κ2) is 17.0. The van der Waals surface area contributed by atoms with Crippen molar-refractivity contribution in [3.8, 4) is 11.3 Å². The molecule has 0 aliphatic heterocycles. The quantitative estimate of drug-likeness (QED) is 0.0907. The first kappa shape index (κ1) is 38.9. The molecule has 1 radical (unpaired) electrons. The number of rotatable bonds is 9. The van der Waals surface area contributed by atoms with Gasteiger partial charge in [-0.1, -0.05) is 104 Å². The van der Waals surface area contributed by atoms with Crippen LogP contribution < -0.4 is 0 Å². The van der Waals surface area contributed by atoms with Gasteiger partial charge in [-0.3, -0.25) is 9.78 Å². The fourth-order valence-electron chi connectivity index (χ4n) is 8.16. The van der Waals surface area contributed by atoms with Crippen LogP contribution in [0.3, 0.4) is 0 Å². The molecule has 51 heavy (non-hydrogen) atoms. The number of carbonyl (C=O) groups excluding carboxylic acids is 1. The van der Waals surface area contributed by atoms with E-state index in [9.17, 15) is 9.90 Å². The molecule has 0 saturated heterocycles. The largest absolute Gasteiger partial charge is 0.512 e. The van der Waals surface area contributed by atoms with E-state index in [0.29, 0.717) is 52.3 Å². The number of fused-ring (bicyclic) bond motifs is 4. The van der Waals surface area contributed by atoms with Crippen LogP contribution in [0.5, 0.6) is 0 Å². The number of furan rings is 1. The van der Waals surface area contributed by atoms with Crippen LogP contribution in [0.2, 0.25) is 0 Å². The minimum Gasteiger partial charge on any atom is -0.512 e. The van der Waals surface area contributed by atoms with Crippen molar-refractivity contribution in [2.75, 3.05) is 0 Å². The van der Waals surface area contributed by atoms with Crippen molar-refractivity contribution < 1.29 is 35.8 Å². The molecule has 2 heterocycles. The molecule has 1 saturated carbocycles. The summed E-state index contributed by atoms with van der Waals surface area (Å²) in [5, 5.41) is 13.1. The predicted molar refractivity (Wildman–Crippen MR) is 208 cm³/mol. The van der Waals surface area contributed by atoms with Gasteiger partial charge in [0.15, 0.2) is 5.78 Å². The van der Waals surface area contributed by atoms with Gasteiger partial charge >= 0.3 is 0 Å². The van der Waals surface area contributed by atoms with Crippen LogP contribution in [-0.4, -0.2) is 20.9 Å². The first-order valence-electron chi connectivity index (χ1n) is 19.1. The van der Waals surface area contributed by atoms with Crippen molar-refractivity contribution in [3.05, 3.63) is 84.4 Å². The molecule has 0 amide bonds. The molecule has 5 aromatic rings. The Labute approximate surface area is 320 Å². The van der Waals surface area contributed by atoms with Gasteiger partial charge in [0.25, 0.3) is 0 Å². The van der Waals surface area contributed by atoms with E-state index in [1.807, 2.05) is 30.3 Å². The third-order valence-electron chi connectivity index (χ3n) is 10.7. The molecule has 6 rings (SSSR count). The molecule has 0 bridgehead atoms. The molecule has 1 N–H and O–H groups in total. The summed E-state index contributed by atoms with van der Waals surface area (Å²) in [4.78, 5) is 21.4. The van der Waals surface area contributed by atoms with Gasteiger partial charge < -0.3 is 9.52 Å². The number of allylic oxidation sites excluding steroid dienone is 2. The van der Waals surface area contributed by atoms with E-state index in [-0.39, 0.29) is 43.5 Å². The Balaban J connectivity index is 0.000000263. The van der Waals surface area contributed by atoms with Crippen molar-refractivity contribution in [2.24, 2.45) is 40.9 Å². The van der Waals surface area contributed by atoms with Crippen LogP contribution >= 0.6 is 0 Å². The maximum absolute atomic E-state index is 12.3. The third kappa shape index (κ3) is 9.37. The van der Waals surface area contributed by atoms with Crippen LogP contribution in [0.4, 0.5) is 0 Å². The van der Waals surface area contributed by atoms with Crippen molar-refractivity contribution in [3.63, 3.8) is 0 Å². The van der Waals surface area contributed by atoms with Gasteiger partial charge in [-0.15, -0.1) is 29.6 Å². The second-order valence-electron chi connectivity index (χ2n) is 16.6. The topological polar surface area (TPSA) is 76.2 Å². The number of nitrogens with zero attached hydrogens (tertiary/aromatic N) is 2. The van der Waals surface area contributed by atoms with Gasteiger partial charge in [0.1, 0.15) is 23.0 Å². The van der Waals surface area contributed by atoms with Crippen LogP contribution in [0, 0.1) is 47.0 Å². The molecule has 5 nitrogen and oxygen atoms in total. The van der Waals surface area contributed by atoms with E-state index in [2.05, 4.69) is 103 Å². The smallest absolute Gasteiger partial charge is 0.162 e. The molecule has 6 heteroatoms. The SMILES string of the molecule is CC(C)C(C(=O)/C=C(\O)C(C(C)C)C(C)C)C(C)C.[2H]c1cc(-c2ncnc3c2oc2cc(C4CCC(C)(C)CC4)ccc23)[c-]c2ccccc12.[Ir]. The number of aromatic nitrogens is 2. The molecule has 275 valence electrons. The zero-order chi connectivity index (χ0) is 37.2. The van der Waals surface area contributed by atoms with Gasteiger partial charge in [0.2, 0.25) is 0 Å². The first-order valence-corrected chi connectivity index (χ1v) is 18.6. The summed E-state index contributed by atoms with van der Waals surface area (Å²) in [7, 11) is 0. The Morgan fingerprint density at radius 2 is 1.55 bits per heavy atom. The molecule has 0 atom stereocenters. The summed E-state index contributed by atoms with van der Waals surface area (Å²) in [5.74, 6) is 2.22. The number of hydrogen-bond acceptors (Lipinski definition) is 5. The van der Waals surface area contributed by atoms with E-state index in [1.165, 1.54) is 37.3 Å². The van der Waals surface area contributed by atoms with E-state index in [0.717, 1.165) is 32.8 Å². The van der Waals surface area contributed by atoms with E-state index >= 15 is 0 Å². The van der Waals surface area contributed by atoms with Crippen molar-refractivity contribution in [1.82, 2.24) is 9.97 Å². The number of hydrogen-bond donors (Lipinski definition) is 1. The summed E-state index contributed by atoms with van der Waals surface area (Å²) in [5.41, 5.74) is 5.59. The minimum absolute atomic E-state index is 0. The minimum atomic E-state index is -0.0119. The van der Waals surface area contributed by atoms with Gasteiger partial charge in [-0.05, 0) is 78.4 Å². The summed E-state index contributed by atoms with van der Waals surface area (Å²) in [6.45, 7) is 21.3. The summed E-state index contributed by atoms with van der Waals surface area (Å²) < 4.78 is 14.8. The molecule has 3 aromatic carbocycles. The van der Waals surface area contributed by atoms with Crippen LogP contribution in [-0.2, 0) is 24.9 Å². The Bertz CT molecular complexity index is 2000. The van der Waals surface area contributed by atoms with Crippen molar-refractivity contribution in [2.45, 2.75) is 101 Å². The van der Waals surface area contributed by atoms with E-state index in [1.54, 1.807) is 6.33 Å². The normalized spacial score (nSPS) is 15.7. The summed E-state index contributed by atoms with van der Waals surface area (Å²) in [6.07, 6.45) is 8.04. The summed E-state index contributed by atoms with van der Waals surface area (Å²) in [6, 6.07) is 20.1. The van der Waals surface area contributed by atoms with E-state index in [4.69, 9.17) is 5.79 Å². The monoisotopic (exact) mass is 867 g/mol. The predicted octanol–water partition coefficient (Wildman–Crippen LogP) is 12.5. The standard InChI is InChI=1S/C28H25N2O.C17H32O2.Ir/c1-28(2)13-11-19(12-14-28)21-9-10-23-24(16-21)31-27-25(29-17-30-26(23)27)22-8-7-18-5-3-4-6-20(18)15-22;1-10(2)16(11(3)4)14(18)9-15(19)17(12(5)6)13(7)8;/h3-10,16-17,19H,11-14H2,1-2H3;9-13,16-18H,1-8H3;/q-1;;/b;14-9-;/i7D;;. The average Bonchev–Trinajstić information content (AvgIpc) is 3.42. The van der Waals surface area contributed by atoms with Gasteiger partial charge in [-0.25, -0.2) is 4.98 Å². The Morgan fingerprint density at radius 1 is 0.922 bits per heavy atom. The van der Waals surface area contributed by atoms with Crippen LogP contribution in [0.15, 0.2) is 77.2 Å². The fraction of sp³-hybridized carbons (Fsp3) is 0.489. The molecule has 2 aromatic heterocycles. The van der Waals surface area contributed by atoms with Gasteiger partial charge in [0.05, 0.1) is 11.5 Å². The van der Waals surface area contributed by atoms with Gasteiger partial charge in [-0.2, -0.15) is 0 Å². The molecule has 1 aliphatic rings. The van der Waals surface area contributed by atoms with E-state index < -0.39 is 0 Å². The molecule has 1 fully saturated rings. The number of carbonyl (C=O) groups is 1. The number of benzene rings is 3. The third-order valence-corrected chi connectivity index (χ3v) is 10.7. The average molecular weight is 867 g/mol. The maximum Gasteiger partial charge on any atom is 0.162 e. The van der Waals surface area contributed by atoms with Crippen LogP contribution in [0.1, 0.15) is 108 Å². The Hall–Kier alpha value is -3.34. The second-order valence-corrected chi connectivity index (χ2v) is 16.6. The Kier molecular flexibility index (Phi) is 13.0. The molecular formula is C45H57IrN2O3-. The molecule has 0 spiro atoms. The molecule has 0 unspecified atom stereocenters. The molecular weight excluding hydrogens is 809 g/mol. The first-order chi connectivity index (χ1) is 24.1. The molecule has 1 aliphatic carbocycles. The number of ketones is 1. The van der Waals surface area contributed by atoms with Crippen molar-refractivity contribution in [1.29, 1.82) is 0 Å². The number of aliphatic hydroxyl groups is 1. The summed E-state index contributed by atoms with van der Waals surface area (Å²) >= 11 is 0. The Morgan fingerprint density at radius 3 is 2.18 bits per heavy atom. The zero-order valence-electron chi connectivity index (χ0n) is 33.1. The fourth-order valence-corrected chi connectivity index (χ4v) is 8.16. The van der Waals surface area contributed by atoms with Crippen LogP contribution in [0.25, 0.3) is 44.1 Å². The van der Waals surface area contributed by atoms with Gasteiger partial charge in [0, 0.05) is 44.8 Å². The number of aliphatic hydroxyl groups excluding tert-OH is 1. The van der Waals surface area contributed by atoms with Crippen molar-refractivity contribution >= 4 is 38.6 Å². The maximum atomic E-state index is 12.3. The zero-order valence-corrected chi connectivity index (χ0v) is 34.5.